The van der Waals surface area contributed by atoms with E-state index >= 15 is 0 Å². The van der Waals surface area contributed by atoms with Crippen molar-refractivity contribution in [3.05, 3.63) is 58.7 Å². The van der Waals surface area contributed by atoms with Gasteiger partial charge in [-0.1, -0.05) is 6.07 Å². The highest BCUT2D eigenvalue weighted by Crippen LogP contribution is 2.32. The number of hydrogen-bond acceptors (Lipinski definition) is 4. The molecule has 1 aliphatic heterocycles. The van der Waals surface area contributed by atoms with Crippen molar-refractivity contribution >= 4 is 27.3 Å². The van der Waals surface area contributed by atoms with Gasteiger partial charge in [-0.05, 0) is 47.3 Å². The van der Waals surface area contributed by atoms with Crippen LogP contribution < -0.4 is 14.8 Å². The number of carbonyl (C=O) groups excluding carboxylic acids is 1. The summed E-state index contributed by atoms with van der Waals surface area (Å²) in [5.41, 5.74) is 0.926. The molecule has 1 amide bonds. The van der Waals surface area contributed by atoms with Crippen LogP contribution in [0.5, 0.6) is 11.5 Å². The molecule has 0 aliphatic carbocycles. The normalized spacial score (nSPS) is 12.6. The van der Waals surface area contributed by atoms with Gasteiger partial charge >= 0.3 is 0 Å². The van der Waals surface area contributed by atoms with Gasteiger partial charge in [0.2, 0.25) is 6.79 Å². The summed E-state index contributed by atoms with van der Waals surface area (Å²) in [5, 5.41) is 3.60. The van der Waals surface area contributed by atoms with E-state index < -0.39 is 0 Å². The molecule has 1 aliphatic rings. The highest BCUT2D eigenvalue weighted by molar-refractivity contribution is 7.20. The van der Waals surface area contributed by atoms with Crippen LogP contribution in [-0.2, 0) is 6.54 Å². The second-order valence-electron chi connectivity index (χ2n) is 5.16. The predicted octanol–water partition coefficient (Wildman–Crippen LogP) is 3.70. The largest absolute Gasteiger partial charge is 0.454 e. The van der Waals surface area contributed by atoms with Crippen LogP contribution in [0.1, 0.15) is 15.2 Å². The van der Waals surface area contributed by atoms with Crippen molar-refractivity contribution in [3.63, 3.8) is 0 Å². The minimum absolute atomic E-state index is 0.177. The van der Waals surface area contributed by atoms with Crippen LogP contribution in [0.15, 0.2) is 42.5 Å². The fourth-order valence-corrected chi connectivity index (χ4v) is 3.41. The summed E-state index contributed by atoms with van der Waals surface area (Å²) in [6.07, 6.45) is 0. The van der Waals surface area contributed by atoms with Crippen LogP contribution in [0, 0.1) is 5.82 Å². The van der Waals surface area contributed by atoms with E-state index in [-0.39, 0.29) is 18.5 Å². The molecule has 0 spiro atoms. The molecule has 2 aromatic carbocycles. The molecule has 0 unspecified atom stereocenters. The lowest BCUT2D eigenvalue weighted by molar-refractivity contribution is 0.0955. The van der Waals surface area contributed by atoms with E-state index in [0.29, 0.717) is 22.9 Å². The smallest absolute Gasteiger partial charge is 0.261 e. The van der Waals surface area contributed by atoms with Crippen molar-refractivity contribution in [2.75, 3.05) is 6.79 Å². The number of carbonyl (C=O) groups is 1. The second-order valence-corrected chi connectivity index (χ2v) is 6.25. The number of rotatable bonds is 3. The summed E-state index contributed by atoms with van der Waals surface area (Å²) in [5.74, 6) is 0.924. The van der Waals surface area contributed by atoms with Gasteiger partial charge in [-0.15, -0.1) is 11.3 Å². The van der Waals surface area contributed by atoms with Crippen LogP contribution >= 0.6 is 11.3 Å². The molecule has 0 bridgehead atoms. The predicted molar refractivity (Wildman–Crippen MR) is 85.5 cm³/mol. The Morgan fingerprint density at radius 3 is 2.91 bits per heavy atom. The third kappa shape index (κ3) is 2.73. The second kappa shape index (κ2) is 5.55. The van der Waals surface area contributed by atoms with Crippen LogP contribution in [0.2, 0.25) is 0 Å². The van der Waals surface area contributed by atoms with E-state index in [1.165, 1.54) is 23.5 Å². The highest BCUT2D eigenvalue weighted by atomic mass is 32.1. The number of amides is 1. The quantitative estimate of drug-likeness (QED) is 0.797. The molecule has 1 aromatic heterocycles. The molecule has 6 heteroatoms. The zero-order valence-corrected chi connectivity index (χ0v) is 12.8. The minimum Gasteiger partial charge on any atom is -0.454 e. The Morgan fingerprint density at radius 1 is 1.13 bits per heavy atom. The number of fused-ring (bicyclic) bond motifs is 2. The molecule has 0 fully saturated rings. The first kappa shape index (κ1) is 14.0. The SMILES string of the molecule is O=C(NCc1ccc2c(c1)OCO2)c1cc2cc(F)ccc2s1. The third-order valence-electron chi connectivity index (χ3n) is 3.59. The van der Waals surface area contributed by atoms with E-state index in [4.69, 9.17) is 9.47 Å². The van der Waals surface area contributed by atoms with Gasteiger partial charge in [0.1, 0.15) is 5.82 Å². The zero-order valence-electron chi connectivity index (χ0n) is 12.0. The number of thiophene rings is 1. The molecule has 0 saturated carbocycles. The maximum atomic E-state index is 13.2. The zero-order chi connectivity index (χ0) is 15.8. The summed E-state index contributed by atoms with van der Waals surface area (Å²) in [6, 6.07) is 11.8. The van der Waals surface area contributed by atoms with E-state index in [9.17, 15) is 9.18 Å². The first-order valence-electron chi connectivity index (χ1n) is 7.05. The Bertz CT molecular complexity index is 906. The van der Waals surface area contributed by atoms with Gasteiger partial charge in [0, 0.05) is 11.2 Å². The molecule has 0 atom stereocenters. The van der Waals surface area contributed by atoms with Gasteiger partial charge in [0.05, 0.1) is 4.88 Å². The van der Waals surface area contributed by atoms with Crippen molar-refractivity contribution in [2.24, 2.45) is 0 Å². The lowest BCUT2D eigenvalue weighted by Crippen LogP contribution is -2.21. The Morgan fingerprint density at radius 2 is 2.00 bits per heavy atom. The summed E-state index contributed by atoms with van der Waals surface area (Å²) in [6.45, 7) is 0.613. The molecule has 4 nitrogen and oxygen atoms in total. The van der Waals surface area contributed by atoms with Gasteiger partial charge < -0.3 is 14.8 Å². The number of hydrogen-bond donors (Lipinski definition) is 1. The summed E-state index contributed by atoms with van der Waals surface area (Å²) in [7, 11) is 0. The lowest BCUT2D eigenvalue weighted by Gasteiger charge is -2.05. The Hall–Kier alpha value is -2.60. The summed E-state index contributed by atoms with van der Waals surface area (Å²) < 4.78 is 24.7. The van der Waals surface area contributed by atoms with Crippen molar-refractivity contribution < 1.29 is 18.7 Å². The molecule has 3 aromatic rings. The summed E-state index contributed by atoms with van der Waals surface area (Å²) in [4.78, 5) is 12.8. The fraction of sp³-hybridized carbons (Fsp3) is 0.118. The number of halogens is 1. The van der Waals surface area contributed by atoms with Crippen LogP contribution in [0.25, 0.3) is 10.1 Å². The number of benzene rings is 2. The Balaban J connectivity index is 1.48. The fourth-order valence-electron chi connectivity index (χ4n) is 2.45. The number of ether oxygens (including phenoxy) is 2. The van der Waals surface area contributed by atoms with Crippen molar-refractivity contribution in [1.82, 2.24) is 5.32 Å². The average molecular weight is 329 g/mol. The van der Waals surface area contributed by atoms with Crippen molar-refractivity contribution in [1.29, 1.82) is 0 Å². The van der Waals surface area contributed by atoms with E-state index in [2.05, 4.69) is 5.32 Å². The van der Waals surface area contributed by atoms with Gasteiger partial charge in [-0.2, -0.15) is 0 Å². The third-order valence-corrected chi connectivity index (χ3v) is 4.71. The molecular weight excluding hydrogens is 317 g/mol. The van der Waals surface area contributed by atoms with E-state index in [0.717, 1.165) is 15.6 Å². The summed E-state index contributed by atoms with van der Waals surface area (Å²) >= 11 is 1.35. The molecule has 23 heavy (non-hydrogen) atoms. The van der Waals surface area contributed by atoms with Gasteiger partial charge in [-0.25, -0.2) is 4.39 Å². The van der Waals surface area contributed by atoms with E-state index in [1.807, 2.05) is 18.2 Å². The first-order chi connectivity index (χ1) is 11.2. The van der Waals surface area contributed by atoms with Gasteiger partial charge in [0.25, 0.3) is 5.91 Å². The monoisotopic (exact) mass is 329 g/mol. The van der Waals surface area contributed by atoms with Crippen LogP contribution in [-0.4, -0.2) is 12.7 Å². The Kier molecular flexibility index (Phi) is 3.38. The lowest BCUT2D eigenvalue weighted by atomic mass is 10.2. The van der Waals surface area contributed by atoms with E-state index in [1.54, 1.807) is 12.1 Å². The van der Waals surface area contributed by atoms with Crippen molar-refractivity contribution in [2.45, 2.75) is 6.54 Å². The molecule has 0 saturated heterocycles. The van der Waals surface area contributed by atoms with Crippen molar-refractivity contribution in [3.8, 4) is 11.5 Å². The maximum Gasteiger partial charge on any atom is 0.261 e. The maximum absolute atomic E-state index is 13.2. The van der Waals surface area contributed by atoms with Gasteiger partial charge in [0.15, 0.2) is 11.5 Å². The topological polar surface area (TPSA) is 47.6 Å². The molecule has 4 rings (SSSR count). The van der Waals surface area contributed by atoms with Crippen LogP contribution in [0.3, 0.4) is 0 Å². The average Bonchev–Trinajstić information content (AvgIpc) is 3.17. The molecule has 2 heterocycles. The van der Waals surface area contributed by atoms with Gasteiger partial charge in [-0.3, -0.25) is 4.79 Å². The number of nitrogens with one attached hydrogen (secondary N) is 1. The molecule has 0 radical (unpaired) electrons. The van der Waals surface area contributed by atoms with Crippen LogP contribution in [0.4, 0.5) is 4.39 Å². The molecule has 1 N–H and O–H groups in total. The standard InChI is InChI=1S/C17H12FNO3S/c18-12-2-4-15-11(6-12)7-16(23-15)17(20)19-8-10-1-3-13-14(5-10)22-9-21-13/h1-7H,8-9H2,(H,19,20). The minimum atomic E-state index is -0.303. The molecular formula is C17H12FNO3S. The highest BCUT2D eigenvalue weighted by Gasteiger charge is 2.14. The first-order valence-corrected chi connectivity index (χ1v) is 7.86. The molecule has 116 valence electrons. The Labute approximate surface area is 135 Å².